The maximum atomic E-state index is 12.6. The number of methoxy groups -OCH3 is 1. The van der Waals surface area contributed by atoms with E-state index in [9.17, 15) is 13.2 Å². The molecular weight excluding hydrogens is 408 g/mol. The molecule has 0 unspecified atom stereocenters. The minimum absolute atomic E-state index is 0.116. The lowest BCUT2D eigenvalue weighted by Gasteiger charge is -2.18. The number of hydrogen-bond acceptors (Lipinski definition) is 4. The molecule has 1 heterocycles. The van der Waals surface area contributed by atoms with Crippen LogP contribution in [0, 0.1) is 0 Å². The summed E-state index contributed by atoms with van der Waals surface area (Å²) in [5.41, 5.74) is 0.716. The smallest absolute Gasteiger partial charge is 0.245 e. The van der Waals surface area contributed by atoms with Crippen molar-refractivity contribution in [3.63, 3.8) is 0 Å². The minimum atomic E-state index is -3.79. The number of halogens is 1. The van der Waals surface area contributed by atoms with E-state index in [1.54, 1.807) is 54.5 Å². The van der Waals surface area contributed by atoms with Crippen LogP contribution in [-0.4, -0.2) is 34.0 Å². The third-order valence-corrected chi connectivity index (χ3v) is 6.50. The first-order valence-electron chi connectivity index (χ1n) is 7.64. The van der Waals surface area contributed by atoms with Crippen LogP contribution in [-0.2, 0) is 14.8 Å². The molecule has 1 saturated heterocycles. The second-order valence-electron chi connectivity index (χ2n) is 5.58. The van der Waals surface area contributed by atoms with Crippen molar-refractivity contribution in [1.82, 2.24) is 4.72 Å². The highest BCUT2D eigenvalue weighted by molar-refractivity contribution is 9.10. The van der Waals surface area contributed by atoms with Gasteiger partial charge in [-0.05, 0) is 58.7 Å². The predicted molar refractivity (Wildman–Crippen MR) is 98.2 cm³/mol. The quantitative estimate of drug-likeness (QED) is 0.799. The van der Waals surface area contributed by atoms with Crippen molar-refractivity contribution in [1.29, 1.82) is 0 Å². The summed E-state index contributed by atoms with van der Waals surface area (Å²) in [7, 11) is -2.22. The zero-order valence-electron chi connectivity index (χ0n) is 13.5. The van der Waals surface area contributed by atoms with Gasteiger partial charge < -0.3 is 9.64 Å². The van der Waals surface area contributed by atoms with E-state index in [4.69, 9.17) is 4.74 Å². The number of hydrogen-bond donors (Lipinski definition) is 1. The van der Waals surface area contributed by atoms with Crippen molar-refractivity contribution in [2.45, 2.75) is 17.4 Å². The molecule has 0 bridgehead atoms. The van der Waals surface area contributed by atoms with Crippen LogP contribution >= 0.6 is 15.9 Å². The van der Waals surface area contributed by atoms with E-state index in [0.29, 0.717) is 28.9 Å². The highest BCUT2D eigenvalue weighted by Gasteiger charge is 2.36. The summed E-state index contributed by atoms with van der Waals surface area (Å²) in [6.07, 6.45) is 0.411. The van der Waals surface area contributed by atoms with Crippen LogP contribution in [0.2, 0.25) is 0 Å². The van der Waals surface area contributed by atoms with Crippen molar-refractivity contribution in [3.8, 4) is 5.75 Å². The molecule has 1 aliphatic rings. The van der Waals surface area contributed by atoms with Gasteiger partial charge in [-0.3, -0.25) is 4.79 Å². The molecule has 6 nitrogen and oxygen atoms in total. The average molecular weight is 425 g/mol. The van der Waals surface area contributed by atoms with Gasteiger partial charge in [0.25, 0.3) is 0 Å². The first-order chi connectivity index (χ1) is 11.9. The Balaban J connectivity index is 1.77. The molecule has 2 aromatic rings. The van der Waals surface area contributed by atoms with Gasteiger partial charge >= 0.3 is 0 Å². The Labute approximate surface area is 155 Å². The molecule has 132 valence electrons. The zero-order valence-corrected chi connectivity index (χ0v) is 15.9. The predicted octanol–water partition coefficient (Wildman–Crippen LogP) is 2.54. The molecule has 0 saturated carbocycles. The normalized spacial score (nSPS) is 17.8. The molecule has 0 aromatic heterocycles. The number of nitrogens with zero attached hydrogens (tertiary/aromatic N) is 1. The monoisotopic (exact) mass is 424 g/mol. The van der Waals surface area contributed by atoms with E-state index < -0.39 is 16.1 Å². The second kappa shape index (κ2) is 7.15. The summed E-state index contributed by atoms with van der Waals surface area (Å²) in [5.74, 6) is 0.433. The largest absolute Gasteiger partial charge is 0.497 e. The van der Waals surface area contributed by atoms with Crippen LogP contribution in [0.25, 0.3) is 0 Å². The third-order valence-electron chi connectivity index (χ3n) is 4.01. The maximum absolute atomic E-state index is 12.6. The SMILES string of the molecule is COc1ccc(N2CC[C@H](NS(=O)(=O)c3ccccc3Br)C2=O)cc1. The first kappa shape index (κ1) is 17.9. The lowest BCUT2D eigenvalue weighted by Crippen LogP contribution is -2.41. The Morgan fingerprint density at radius 1 is 1.16 bits per heavy atom. The van der Waals surface area contributed by atoms with Gasteiger partial charge in [0.15, 0.2) is 0 Å². The zero-order chi connectivity index (χ0) is 18.0. The summed E-state index contributed by atoms with van der Waals surface area (Å²) in [5, 5.41) is 0. The Hall–Kier alpha value is -1.90. The van der Waals surface area contributed by atoms with E-state index in [1.807, 2.05) is 0 Å². The molecular formula is C17H17BrN2O4S. The van der Waals surface area contributed by atoms with E-state index in [1.165, 1.54) is 6.07 Å². The van der Waals surface area contributed by atoms with Gasteiger partial charge in [0.05, 0.1) is 12.0 Å². The molecule has 1 amide bonds. The summed E-state index contributed by atoms with van der Waals surface area (Å²) >= 11 is 3.23. The van der Waals surface area contributed by atoms with Crippen LogP contribution in [0.1, 0.15) is 6.42 Å². The molecule has 1 aliphatic heterocycles. The standard InChI is InChI=1S/C17H17BrN2O4S/c1-24-13-8-6-12(7-9-13)20-11-10-15(17(20)21)19-25(22,23)16-5-3-2-4-14(16)18/h2-9,15,19H,10-11H2,1H3/t15-/m0/s1. The fourth-order valence-electron chi connectivity index (χ4n) is 2.72. The van der Waals surface area contributed by atoms with Gasteiger partial charge in [0, 0.05) is 16.7 Å². The fraction of sp³-hybridized carbons (Fsp3) is 0.235. The molecule has 1 N–H and O–H groups in total. The Kier molecular flexibility index (Phi) is 5.12. The number of benzene rings is 2. The number of anilines is 1. The van der Waals surface area contributed by atoms with Crippen LogP contribution < -0.4 is 14.4 Å². The van der Waals surface area contributed by atoms with Gasteiger partial charge in [0.2, 0.25) is 15.9 Å². The Morgan fingerprint density at radius 3 is 2.48 bits per heavy atom. The van der Waals surface area contributed by atoms with Crippen LogP contribution in [0.15, 0.2) is 57.9 Å². The third kappa shape index (κ3) is 3.70. The minimum Gasteiger partial charge on any atom is -0.497 e. The van der Waals surface area contributed by atoms with Crippen molar-refractivity contribution >= 4 is 37.5 Å². The van der Waals surface area contributed by atoms with Gasteiger partial charge in [0.1, 0.15) is 11.8 Å². The van der Waals surface area contributed by atoms with Crippen molar-refractivity contribution in [2.75, 3.05) is 18.6 Å². The first-order valence-corrected chi connectivity index (χ1v) is 9.92. The Bertz CT molecular complexity index is 884. The highest BCUT2D eigenvalue weighted by atomic mass is 79.9. The molecule has 8 heteroatoms. The molecule has 0 spiro atoms. The van der Waals surface area contributed by atoms with Crippen LogP contribution in [0.4, 0.5) is 5.69 Å². The summed E-state index contributed by atoms with van der Waals surface area (Å²) in [6.45, 7) is 0.453. The van der Waals surface area contributed by atoms with Gasteiger partial charge in [-0.2, -0.15) is 4.72 Å². The van der Waals surface area contributed by atoms with E-state index >= 15 is 0 Å². The number of rotatable bonds is 5. The van der Waals surface area contributed by atoms with E-state index in [-0.39, 0.29) is 10.8 Å². The number of carbonyl (C=O) groups excluding carboxylic acids is 1. The van der Waals surface area contributed by atoms with E-state index in [0.717, 1.165) is 0 Å². The molecule has 0 aliphatic carbocycles. The molecule has 1 atom stereocenters. The summed E-state index contributed by atoms with van der Waals surface area (Å²) < 4.78 is 33.2. The van der Waals surface area contributed by atoms with Gasteiger partial charge in [-0.15, -0.1) is 0 Å². The Morgan fingerprint density at radius 2 is 1.84 bits per heavy atom. The summed E-state index contributed by atoms with van der Waals surface area (Å²) in [6, 6.07) is 12.8. The van der Waals surface area contributed by atoms with Crippen molar-refractivity contribution in [3.05, 3.63) is 53.0 Å². The average Bonchev–Trinajstić information content (AvgIpc) is 2.95. The molecule has 0 radical (unpaired) electrons. The van der Waals surface area contributed by atoms with Crippen molar-refractivity contribution < 1.29 is 17.9 Å². The highest BCUT2D eigenvalue weighted by Crippen LogP contribution is 2.26. The van der Waals surface area contributed by atoms with E-state index in [2.05, 4.69) is 20.7 Å². The molecule has 25 heavy (non-hydrogen) atoms. The molecule has 3 rings (SSSR count). The maximum Gasteiger partial charge on any atom is 0.245 e. The fourth-order valence-corrected chi connectivity index (χ4v) is 4.95. The number of sulfonamides is 1. The topological polar surface area (TPSA) is 75.7 Å². The van der Waals surface area contributed by atoms with Crippen molar-refractivity contribution in [2.24, 2.45) is 0 Å². The summed E-state index contributed by atoms with van der Waals surface area (Å²) in [4.78, 5) is 14.3. The number of nitrogens with one attached hydrogen (secondary N) is 1. The number of amides is 1. The lowest BCUT2D eigenvalue weighted by atomic mass is 10.2. The van der Waals surface area contributed by atoms with Crippen LogP contribution in [0.5, 0.6) is 5.75 Å². The number of carbonyl (C=O) groups is 1. The number of ether oxygens (including phenoxy) is 1. The second-order valence-corrected chi connectivity index (χ2v) is 8.12. The lowest BCUT2D eigenvalue weighted by molar-refractivity contribution is -0.118. The van der Waals surface area contributed by atoms with Crippen LogP contribution in [0.3, 0.4) is 0 Å². The van der Waals surface area contributed by atoms with Gasteiger partial charge in [-0.25, -0.2) is 8.42 Å². The molecule has 1 fully saturated rings. The van der Waals surface area contributed by atoms with Gasteiger partial charge in [-0.1, -0.05) is 12.1 Å². The molecule has 2 aromatic carbocycles.